The molecule has 136 valence electrons. The monoisotopic (exact) mass is 446 g/mol. The fraction of sp³-hybridized carbons (Fsp3) is 0.294. The second kappa shape index (κ2) is 7.09. The number of halogens is 1. The Hall–Kier alpha value is -1.38. The number of sulfone groups is 1. The zero-order valence-electron chi connectivity index (χ0n) is 14.3. The Morgan fingerprint density at radius 2 is 1.64 bits per heavy atom. The quantitative estimate of drug-likeness (QED) is 0.647. The fourth-order valence-corrected chi connectivity index (χ4v) is 4.82. The molecule has 0 atom stereocenters. The van der Waals surface area contributed by atoms with E-state index in [-0.39, 0.29) is 25.9 Å². The molecule has 0 bridgehead atoms. The summed E-state index contributed by atoms with van der Waals surface area (Å²) in [5.41, 5.74) is 1.83. The number of rotatable bonds is 5. The molecule has 0 heterocycles. The van der Waals surface area contributed by atoms with Crippen molar-refractivity contribution in [1.29, 1.82) is 0 Å². The van der Waals surface area contributed by atoms with Crippen molar-refractivity contribution in [3.05, 3.63) is 52.0 Å². The summed E-state index contributed by atoms with van der Waals surface area (Å²) < 4.78 is 54.2. The minimum Gasteiger partial charge on any atom is -0.379 e. The van der Waals surface area contributed by atoms with Crippen LogP contribution in [0.5, 0.6) is 5.75 Å². The molecule has 2 rings (SSSR count). The normalized spacial score (nSPS) is 12.4. The second-order valence-corrected chi connectivity index (χ2v) is 10.5. The molecule has 0 aliphatic heterocycles. The van der Waals surface area contributed by atoms with Gasteiger partial charge in [0.1, 0.15) is 10.6 Å². The van der Waals surface area contributed by atoms with E-state index in [0.717, 1.165) is 23.4 Å². The lowest BCUT2D eigenvalue weighted by Crippen LogP contribution is -2.12. The average molecular weight is 447 g/mol. The third kappa shape index (κ3) is 4.83. The highest BCUT2D eigenvalue weighted by Gasteiger charge is 2.23. The Kier molecular flexibility index (Phi) is 5.65. The van der Waals surface area contributed by atoms with Crippen molar-refractivity contribution in [2.45, 2.75) is 36.5 Å². The highest BCUT2D eigenvalue weighted by Crippen LogP contribution is 2.30. The largest absolute Gasteiger partial charge is 0.379 e. The van der Waals surface area contributed by atoms with E-state index in [1.165, 1.54) is 12.1 Å². The zero-order valence-corrected chi connectivity index (χ0v) is 17.5. The van der Waals surface area contributed by atoms with Crippen LogP contribution in [-0.4, -0.2) is 23.1 Å². The first-order valence-corrected chi connectivity index (χ1v) is 11.5. The van der Waals surface area contributed by atoms with Crippen LogP contribution in [0.1, 0.15) is 30.9 Å². The molecule has 2 aromatic rings. The van der Waals surface area contributed by atoms with Crippen LogP contribution >= 0.6 is 15.9 Å². The molecule has 25 heavy (non-hydrogen) atoms. The molecule has 0 spiro atoms. The number of aryl methyl sites for hydroxylation is 1. The summed E-state index contributed by atoms with van der Waals surface area (Å²) in [6.45, 7) is 5.85. The molecule has 2 aromatic carbocycles. The molecule has 0 aliphatic rings. The number of benzene rings is 2. The minimum atomic E-state index is -4.20. The van der Waals surface area contributed by atoms with Crippen LogP contribution in [0.2, 0.25) is 0 Å². The molecule has 0 amide bonds. The van der Waals surface area contributed by atoms with Crippen LogP contribution in [0.15, 0.2) is 50.7 Å². The SMILES string of the molecule is Cc1cc(OS(=O)(=O)c2cc(S(C)(=O)=O)ccc2Br)cc(C(C)C)c1. The molecule has 0 radical (unpaired) electrons. The Morgan fingerprint density at radius 3 is 2.20 bits per heavy atom. The molecule has 0 saturated carbocycles. The van der Waals surface area contributed by atoms with Gasteiger partial charge in [0.05, 0.1) is 4.90 Å². The van der Waals surface area contributed by atoms with E-state index in [9.17, 15) is 16.8 Å². The lowest BCUT2D eigenvalue weighted by atomic mass is 10.0. The molecule has 5 nitrogen and oxygen atoms in total. The zero-order chi connectivity index (χ0) is 19.0. The minimum absolute atomic E-state index is 0.0926. The van der Waals surface area contributed by atoms with E-state index < -0.39 is 20.0 Å². The van der Waals surface area contributed by atoms with Crippen LogP contribution in [0.3, 0.4) is 0 Å². The topological polar surface area (TPSA) is 77.5 Å². The van der Waals surface area contributed by atoms with E-state index in [1.807, 2.05) is 26.8 Å². The lowest BCUT2D eigenvalue weighted by Gasteiger charge is -2.13. The molecular formula is C17H19BrO5S2. The van der Waals surface area contributed by atoms with Crippen molar-refractivity contribution in [3.63, 3.8) is 0 Å². The predicted molar refractivity (Wildman–Crippen MR) is 100 cm³/mol. The molecule has 0 aliphatic carbocycles. The summed E-state index contributed by atoms with van der Waals surface area (Å²) in [6, 6.07) is 9.06. The Bertz CT molecular complexity index is 1010. The maximum absolute atomic E-state index is 12.6. The smallest absolute Gasteiger partial charge is 0.340 e. The maximum Gasteiger partial charge on any atom is 0.340 e. The number of hydrogen-bond donors (Lipinski definition) is 0. The van der Waals surface area contributed by atoms with E-state index in [1.54, 1.807) is 12.1 Å². The summed E-state index contributed by atoms with van der Waals surface area (Å²) in [7, 11) is -7.74. The first-order chi connectivity index (χ1) is 11.4. The van der Waals surface area contributed by atoms with Gasteiger partial charge in [0, 0.05) is 10.7 Å². The van der Waals surface area contributed by atoms with Crippen LogP contribution in [0.4, 0.5) is 0 Å². The molecule has 0 N–H and O–H groups in total. The molecule has 0 unspecified atom stereocenters. The van der Waals surface area contributed by atoms with Gasteiger partial charge in [-0.2, -0.15) is 8.42 Å². The maximum atomic E-state index is 12.6. The van der Waals surface area contributed by atoms with Gasteiger partial charge < -0.3 is 4.18 Å². The summed E-state index contributed by atoms with van der Waals surface area (Å²) in [4.78, 5) is -0.326. The van der Waals surface area contributed by atoms with Crippen molar-refractivity contribution >= 4 is 35.9 Å². The average Bonchev–Trinajstić information content (AvgIpc) is 2.44. The van der Waals surface area contributed by atoms with Crippen molar-refractivity contribution in [3.8, 4) is 5.75 Å². The van der Waals surface area contributed by atoms with Gasteiger partial charge in [-0.15, -0.1) is 0 Å². The molecule has 8 heteroatoms. The van der Waals surface area contributed by atoms with Crippen LogP contribution in [0, 0.1) is 6.92 Å². The Balaban J connectivity index is 2.50. The van der Waals surface area contributed by atoms with Crippen LogP contribution in [-0.2, 0) is 20.0 Å². The van der Waals surface area contributed by atoms with Crippen molar-refractivity contribution in [2.75, 3.05) is 6.26 Å². The third-order valence-corrected chi connectivity index (χ3v) is 6.90. The highest BCUT2D eigenvalue weighted by molar-refractivity contribution is 9.10. The van der Waals surface area contributed by atoms with Crippen molar-refractivity contribution < 1.29 is 21.0 Å². The van der Waals surface area contributed by atoms with Gasteiger partial charge >= 0.3 is 10.1 Å². The van der Waals surface area contributed by atoms with E-state index in [4.69, 9.17) is 4.18 Å². The third-order valence-electron chi connectivity index (χ3n) is 3.55. The molecule has 0 aromatic heterocycles. The Morgan fingerprint density at radius 1 is 1.00 bits per heavy atom. The Labute approximate surface area is 157 Å². The van der Waals surface area contributed by atoms with Gasteiger partial charge in [-0.05, 0) is 70.2 Å². The predicted octanol–water partition coefficient (Wildman–Crippen LogP) is 4.05. The van der Waals surface area contributed by atoms with E-state index >= 15 is 0 Å². The van der Waals surface area contributed by atoms with Gasteiger partial charge in [-0.3, -0.25) is 0 Å². The van der Waals surface area contributed by atoms with Crippen LogP contribution < -0.4 is 4.18 Å². The summed E-state index contributed by atoms with van der Waals surface area (Å²) >= 11 is 3.14. The van der Waals surface area contributed by atoms with Gasteiger partial charge in [-0.1, -0.05) is 19.9 Å². The van der Waals surface area contributed by atoms with E-state index in [2.05, 4.69) is 15.9 Å². The first kappa shape index (κ1) is 19.9. The van der Waals surface area contributed by atoms with E-state index in [0.29, 0.717) is 0 Å². The lowest BCUT2D eigenvalue weighted by molar-refractivity contribution is 0.484. The second-order valence-electron chi connectivity index (χ2n) is 6.14. The number of hydrogen-bond acceptors (Lipinski definition) is 5. The summed E-state index contributed by atoms with van der Waals surface area (Å²) in [5, 5.41) is 0. The van der Waals surface area contributed by atoms with Crippen molar-refractivity contribution in [1.82, 2.24) is 0 Å². The van der Waals surface area contributed by atoms with Gasteiger partial charge in [-0.25, -0.2) is 8.42 Å². The molecule has 0 saturated heterocycles. The van der Waals surface area contributed by atoms with Gasteiger partial charge in [0.15, 0.2) is 9.84 Å². The van der Waals surface area contributed by atoms with Gasteiger partial charge in [0.25, 0.3) is 0 Å². The van der Waals surface area contributed by atoms with Gasteiger partial charge in [0.2, 0.25) is 0 Å². The summed E-state index contributed by atoms with van der Waals surface area (Å²) in [6.07, 6.45) is 1.02. The fourth-order valence-electron chi connectivity index (χ4n) is 2.24. The summed E-state index contributed by atoms with van der Waals surface area (Å²) in [5.74, 6) is 0.408. The first-order valence-electron chi connectivity index (χ1n) is 7.46. The standard InChI is InChI=1S/C17H19BrO5S2/c1-11(2)13-7-12(3)8-14(9-13)23-25(21,22)17-10-15(24(4,19)20)5-6-16(17)18/h5-11H,1-4H3. The molecular weight excluding hydrogens is 428 g/mol. The molecule has 0 fully saturated rings. The van der Waals surface area contributed by atoms with Crippen molar-refractivity contribution in [2.24, 2.45) is 0 Å². The highest BCUT2D eigenvalue weighted by atomic mass is 79.9. The van der Waals surface area contributed by atoms with Crippen LogP contribution in [0.25, 0.3) is 0 Å².